The molecule has 2 unspecified atom stereocenters. The Morgan fingerprint density at radius 2 is 1.90 bits per heavy atom. The van der Waals surface area contributed by atoms with Gasteiger partial charge in [-0.15, -0.1) is 0 Å². The van der Waals surface area contributed by atoms with Crippen LogP contribution in [0, 0.1) is 17.3 Å². The van der Waals surface area contributed by atoms with Crippen molar-refractivity contribution < 1.29 is 10.0 Å². The predicted molar refractivity (Wildman–Crippen MR) is 80.9 cm³/mol. The molecule has 21 heavy (non-hydrogen) atoms. The maximum atomic E-state index is 13.2. The number of amidine groups is 1. The number of carbonyl (C=O) groups excluding carboxylic acids is 1. The number of amides is 1. The van der Waals surface area contributed by atoms with Crippen LogP contribution in [0.1, 0.15) is 58.3 Å². The average molecular weight is 293 g/mol. The molecule has 0 radical (unpaired) electrons. The van der Waals surface area contributed by atoms with Gasteiger partial charge in [-0.05, 0) is 50.4 Å². The monoisotopic (exact) mass is 293 g/mol. The Labute approximate surface area is 126 Å². The normalized spacial score (nSPS) is 40.3. The third-order valence-electron chi connectivity index (χ3n) is 5.91. The summed E-state index contributed by atoms with van der Waals surface area (Å²) in [5.74, 6) is 1.37. The Balaban J connectivity index is 1.82. The number of nitrogens with zero attached hydrogens (tertiary/aromatic N) is 2. The summed E-state index contributed by atoms with van der Waals surface area (Å²) in [5.41, 5.74) is 5.17. The zero-order chi connectivity index (χ0) is 15.0. The number of hydrogen-bond acceptors (Lipinski definition) is 3. The fourth-order valence-electron chi connectivity index (χ4n) is 4.87. The Morgan fingerprint density at radius 3 is 2.57 bits per heavy atom. The molecule has 5 nitrogen and oxygen atoms in total. The van der Waals surface area contributed by atoms with Gasteiger partial charge in [0.2, 0.25) is 5.91 Å². The van der Waals surface area contributed by atoms with Crippen molar-refractivity contribution in [1.29, 1.82) is 0 Å². The third-order valence-corrected chi connectivity index (χ3v) is 5.91. The molecule has 0 aromatic carbocycles. The van der Waals surface area contributed by atoms with E-state index in [-0.39, 0.29) is 11.7 Å². The maximum absolute atomic E-state index is 13.2. The van der Waals surface area contributed by atoms with E-state index in [1.807, 2.05) is 0 Å². The van der Waals surface area contributed by atoms with Gasteiger partial charge in [-0.3, -0.25) is 4.79 Å². The highest BCUT2D eigenvalue weighted by Gasteiger charge is 2.55. The van der Waals surface area contributed by atoms with Gasteiger partial charge in [0.05, 0.1) is 0 Å². The van der Waals surface area contributed by atoms with E-state index in [2.05, 4.69) is 17.0 Å². The highest BCUT2D eigenvalue weighted by molar-refractivity contribution is 6.07. The van der Waals surface area contributed by atoms with E-state index in [0.29, 0.717) is 17.9 Å². The molecule has 0 bridgehead atoms. The van der Waals surface area contributed by atoms with Gasteiger partial charge in [-0.1, -0.05) is 24.9 Å². The van der Waals surface area contributed by atoms with Gasteiger partial charge >= 0.3 is 0 Å². The van der Waals surface area contributed by atoms with Crippen LogP contribution in [0.3, 0.4) is 0 Å². The molecule has 1 heterocycles. The minimum absolute atomic E-state index is 0.114. The van der Waals surface area contributed by atoms with Crippen molar-refractivity contribution >= 4 is 11.7 Å². The van der Waals surface area contributed by atoms with Gasteiger partial charge in [-0.2, -0.15) is 0 Å². The van der Waals surface area contributed by atoms with Crippen LogP contribution in [0.15, 0.2) is 5.16 Å². The van der Waals surface area contributed by atoms with E-state index in [0.717, 1.165) is 32.2 Å². The minimum atomic E-state index is -0.729. The number of hydrogen-bond donors (Lipinski definition) is 2. The zero-order valence-corrected chi connectivity index (χ0v) is 12.9. The molecule has 2 atom stereocenters. The Morgan fingerprint density at radius 1 is 1.24 bits per heavy atom. The quantitative estimate of drug-likeness (QED) is 0.355. The molecule has 3 fully saturated rings. The van der Waals surface area contributed by atoms with Gasteiger partial charge in [0, 0.05) is 12.6 Å². The summed E-state index contributed by atoms with van der Waals surface area (Å²) in [4.78, 5) is 15.2. The summed E-state index contributed by atoms with van der Waals surface area (Å²) < 4.78 is 0. The summed E-state index contributed by atoms with van der Waals surface area (Å²) in [6.07, 6.45) is 8.67. The number of likely N-dealkylation sites (tertiary alicyclic amines) is 1. The molecule has 2 saturated carbocycles. The van der Waals surface area contributed by atoms with Crippen LogP contribution in [0.25, 0.3) is 0 Å². The lowest BCUT2D eigenvalue weighted by Gasteiger charge is -2.51. The van der Waals surface area contributed by atoms with Crippen LogP contribution in [-0.4, -0.2) is 34.4 Å². The Bertz CT molecular complexity index is 441. The van der Waals surface area contributed by atoms with Crippen LogP contribution in [0.4, 0.5) is 0 Å². The third kappa shape index (κ3) is 2.30. The molecule has 0 aromatic heterocycles. The molecule has 0 aromatic rings. The van der Waals surface area contributed by atoms with E-state index in [1.54, 1.807) is 0 Å². The van der Waals surface area contributed by atoms with Crippen molar-refractivity contribution in [2.45, 2.75) is 64.3 Å². The van der Waals surface area contributed by atoms with E-state index >= 15 is 0 Å². The highest BCUT2D eigenvalue weighted by atomic mass is 16.4. The van der Waals surface area contributed by atoms with E-state index < -0.39 is 5.41 Å². The largest absolute Gasteiger partial charge is 0.409 e. The Kier molecular flexibility index (Phi) is 3.84. The van der Waals surface area contributed by atoms with Crippen LogP contribution < -0.4 is 5.73 Å². The van der Waals surface area contributed by atoms with Crippen LogP contribution in [-0.2, 0) is 4.79 Å². The second kappa shape index (κ2) is 5.50. The molecule has 3 N–H and O–H groups in total. The van der Waals surface area contributed by atoms with Gasteiger partial charge < -0.3 is 15.8 Å². The van der Waals surface area contributed by atoms with Crippen molar-refractivity contribution in [3.8, 4) is 0 Å². The summed E-state index contributed by atoms with van der Waals surface area (Å²) in [6.45, 7) is 2.96. The molecule has 3 rings (SSSR count). The molecule has 5 heteroatoms. The highest BCUT2D eigenvalue weighted by Crippen LogP contribution is 2.48. The molecular formula is C16H27N3O2. The first-order chi connectivity index (χ1) is 10.1. The second-order valence-corrected chi connectivity index (χ2v) is 7.33. The topological polar surface area (TPSA) is 78.9 Å². The van der Waals surface area contributed by atoms with Crippen molar-refractivity contribution in [3.05, 3.63) is 0 Å². The van der Waals surface area contributed by atoms with Gasteiger partial charge in [0.25, 0.3) is 0 Å². The van der Waals surface area contributed by atoms with Crippen molar-refractivity contribution in [2.24, 2.45) is 28.1 Å². The number of carbonyl (C=O) groups is 1. The molecule has 1 amide bonds. The number of rotatable bonds is 2. The first-order valence-corrected chi connectivity index (χ1v) is 8.37. The number of oxime groups is 1. The smallest absolute Gasteiger partial charge is 0.236 e. The van der Waals surface area contributed by atoms with Crippen molar-refractivity contribution in [2.75, 3.05) is 6.54 Å². The lowest BCUT2D eigenvalue weighted by Crippen LogP contribution is -2.61. The maximum Gasteiger partial charge on any atom is 0.236 e. The van der Waals surface area contributed by atoms with E-state index in [1.165, 1.54) is 25.7 Å². The van der Waals surface area contributed by atoms with Gasteiger partial charge in [-0.25, -0.2) is 0 Å². The zero-order valence-electron chi connectivity index (χ0n) is 12.9. The molecule has 0 spiro atoms. The predicted octanol–water partition coefficient (Wildman–Crippen LogP) is 2.33. The average Bonchev–Trinajstić information content (AvgIpc) is 2.49. The number of piperidine rings is 1. The van der Waals surface area contributed by atoms with E-state index in [9.17, 15) is 4.79 Å². The number of nitrogens with two attached hydrogens (primary N) is 1. The first-order valence-electron chi connectivity index (χ1n) is 8.37. The van der Waals surface area contributed by atoms with Crippen molar-refractivity contribution in [1.82, 2.24) is 4.90 Å². The van der Waals surface area contributed by atoms with Crippen LogP contribution in [0.5, 0.6) is 0 Å². The SMILES string of the molecule is CC1CC(C(=O)N2CCCC3CCCCC32)(C(N)=NO)C1. The van der Waals surface area contributed by atoms with Gasteiger partial charge in [0.1, 0.15) is 5.41 Å². The molecule has 2 aliphatic carbocycles. The summed E-state index contributed by atoms with van der Waals surface area (Å²) >= 11 is 0. The van der Waals surface area contributed by atoms with Gasteiger partial charge in [0.15, 0.2) is 5.84 Å². The number of fused-ring (bicyclic) bond motifs is 1. The molecule has 3 aliphatic rings. The van der Waals surface area contributed by atoms with Crippen LogP contribution >= 0.6 is 0 Å². The first kappa shape index (κ1) is 14.7. The fourth-order valence-corrected chi connectivity index (χ4v) is 4.87. The summed E-state index contributed by atoms with van der Waals surface area (Å²) in [6, 6.07) is 0.388. The van der Waals surface area contributed by atoms with Crippen LogP contribution in [0.2, 0.25) is 0 Å². The minimum Gasteiger partial charge on any atom is -0.409 e. The van der Waals surface area contributed by atoms with Crippen molar-refractivity contribution in [3.63, 3.8) is 0 Å². The molecule has 1 saturated heterocycles. The standard InChI is InChI=1S/C16H27N3O2/c1-11-9-16(10-11,14(17)18-21)15(20)19-8-4-6-12-5-2-3-7-13(12)19/h11-13,21H,2-10H2,1H3,(H2,17,18). The van der Waals surface area contributed by atoms with E-state index in [4.69, 9.17) is 10.9 Å². The molecular weight excluding hydrogens is 266 g/mol. The Hall–Kier alpha value is -1.26. The molecule has 1 aliphatic heterocycles. The second-order valence-electron chi connectivity index (χ2n) is 7.33. The summed E-state index contributed by atoms with van der Waals surface area (Å²) in [5, 5.41) is 12.3. The molecule has 118 valence electrons. The summed E-state index contributed by atoms with van der Waals surface area (Å²) in [7, 11) is 0. The lowest BCUT2D eigenvalue weighted by molar-refractivity contribution is -0.151. The lowest BCUT2D eigenvalue weighted by atomic mass is 9.60. The fraction of sp³-hybridized carbons (Fsp3) is 0.875.